The van der Waals surface area contributed by atoms with Crippen molar-refractivity contribution in [3.8, 4) is 0 Å². The highest BCUT2D eigenvalue weighted by atomic mass is 16.6. The molecule has 1 atom stereocenters. The Labute approximate surface area is 139 Å². The summed E-state index contributed by atoms with van der Waals surface area (Å²) in [4.78, 5) is 20.5. The minimum Gasteiger partial charge on any atom is -0.443 e. The van der Waals surface area contributed by atoms with Crippen molar-refractivity contribution in [3.05, 3.63) is 23.9 Å². The van der Waals surface area contributed by atoms with Crippen molar-refractivity contribution in [2.75, 3.05) is 25.0 Å². The van der Waals surface area contributed by atoms with Crippen LogP contribution in [0.4, 0.5) is 10.6 Å². The summed E-state index contributed by atoms with van der Waals surface area (Å²) in [6, 6.07) is 4.44. The predicted octanol–water partition coefficient (Wildman–Crippen LogP) is 4.00. The Morgan fingerprint density at radius 3 is 2.70 bits per heavy atom. The molecule has 1 fully saturated rings. The second-order valence-corrected chi connectivity index (χ2v) is 7.13. The molecule has 1 aliphatic rings. The lowest BCUT2D eigenvalue weighted by atomic mass is 9.96. The van der Waals surface area contributed by atoms with E-state index in [4.69, 9.17) is 4.74 Å². The fourth-order valence-electron chi connectivity index (χ4n) is 2.96. The maximum atomic E-state index is 12.1. The Bertz CT molecular complexity index is 522. The molecule has 0 radical (unpaired) electrons. The van der Waals surface area contributed by atoms with Crippen LogP contribution in [-0.2, 0) is 4.74 Å². The van der Waals surface area contributed by atoms with Crippen LogP contribution in [0.5, 0.6) is 0 Å². The number of carbonyl (C=O) groups excluding carboxylic acids is 1. The van der Waals surface area contributed by atoms with Crippen molar-refractivity contribution in [1.82, 2.24) is 9.88 Å². The molecule has 0 bridgehead atoms. The van der Waals surface area contributed by atoms with Crippen LogP contribution in [0.3, 0.4) is 0 Å². The molecule has 0 unspecified atom stereocenters. The first kappa shape index (κ1) is 17.7. The molecule has 0 aromatic carbocycles. The first-order valence-electron chi connectivity index (χ1n) is 8.48. The number of amides is 1. The van der Waals surface area contributed by atoms with E-state index >= 15 is 0 Å². The molecule has 1 amide bonds. The van der Waals surface area contributed by atoms with Crippen molar-refractivity contribution in [2.24, 2.45) is 0 Å². The number of pyridine rings is 1. The van der Waals surface area contributed by atoms with Crippen LogP contribution < -0.4 is 4.90 Å². The third kappa shape index (κ3) is 4.67. The number of rotatable bonds is 3. The van der Waals surface area contributed by atoms with Gasteiger partial charge in [0.05, 0.1) is 0 Å². The molecular formula is C18H29N3O2. The van der Waals surface area contributed by atoms with Crippen LogP contribution >= 0.6 is 0 Å². The molecule has 5 heteroatoms. The van der Waals surface area contributed by atoms with Crippen LogP contribution in [0, 0.1) is 0 Å². The molecule has 1 aromatic rings. The van der Waals surface area contributed by atoms with Gasteiger partial charge in [-0.2, -0.15) is 0 Å². The Kier molecular flexibility index (Phi) is 5.63. The molecular weight excluding hydrogens is 290 g/mol. The normalized spacial score (nSPS) is 19.4. The fourth-order valence-corrected chi connectivity index (χ4v) is 2.96. The topological polar surface area (TPSA) is 45.7 Å². The summed E-state index contributed by atoms with van der Waals surface area (Å²) in [5.74, 6) is 0.613. The van der Waals surface area contributed by atoms with Crippen molar-refractivity contribution < 1.29 is 9.53 Å². The van der Waals surface area contributed by atoms with Gasteiger partial charge >= 0.3 is 6.09 Å². The van der Waals surface area contributed by atoms with Gasteiger partial charge in [-0.25, -0.2) is 9.78 Å². The quantitative estimate of drug-likeness (QED) is 0.845. The monoisotopic (exact) mass is 319 g/mol. The first-order chi connectivity index (χ1) is 10.8. The molecule has 5 nitrogen and oxygen atoms in total. The van der Waals surface area contributed by atoms with Crippen LogP contribution in [0.25, 0.3) is 0 Å². The van der Waals surface area contributed by atoms with Gasteiger partial charge in [0.15, 0.2) is 0 Å². The number of aromatic nitrogens is 1. The van der Waals surface area contributed by atoms with E-state index in [0.717, 1.165) is 13.1 Å². The molecule has 0 saturated carbocycles. The summed E-state index contributed by atoms with van der Waals surface area (Å²) in [6.07, 6.45) is 5.23. The van der Waals surface area contributed by atoms with Crippen molar-refractivity contribution in [3.63, 3.8) is 0 Å². The molecule has 128 valence electrons. The Balaban J connectivity index is 2.08. The van der Waals surface area contributed by atoms with E-state index in [2.05, 4.69) is 22.9 Å². The maximum absolute atomic E-state index is 12.1. The Hall–Kier alpha value is -1.62. The number of nitrogens with zero attached hydrogens (tertiary/aromatic N) is 3. The number of ether oxygens (including phenoxy) is 1. The van der Waals surface area contributed by atoms with Gasteiger partial charge in [0.1, 0.15) is 11.4 Å². The lowest BCUT2D eigenvalue weighted by molar-refractivity contribution is 0.0588. The molecule has 23 heavy (non-hydrogen) atoms. The molecule has 0 aliphatic carbocycles. The molecule has 1 aliphatic heterocycles. The van der Waals surface area contributed by atoms with Crippen LogP contribution in [-0.4, -0.2) is 41.7 Å². The zero-order valence-corrected chi connectivity index (χ0v) is 15.0. The van der Waals surface area contributed by atoms with Gasteiger partial charge in [-0.05, 0) is 58.3 Å². The van der Waals surface area contributed by atoms with Crippen molar-refractivity contribution in [1.29, 1.82) is 0 Å². The molecule has 2 heterocycles. The molecule has 0 N–H and O–H groups in total. The maximum Gasteiger partial charge on any atom is 0.415 e. The van der Waals surface area contributed by atoms with Crippen molar-refractivity contribution >= 4 is 11.9 Å². The van der Waals surface area contributed by atoms with Crippen LogP contribution in [0.1, 0.15) is 58.6 Å². The number of carbonyl (C=O) groups is 1. The zero-order chi connectivity index (χ0) is 17.0. The van der Waals surface area contributed by atoms with Gasteiger partial charge in [0, 0.05) is 19.3 Å². The fraction of sp³-hybridized carbons (Fsp3) is 0.667. The van der Waals surface area contributed by atoms with Gasteiger partial charge in [0.2, 0.25) is 0 Å². The lowest BCUT2D eigenvalue weighted by Crippen LogP contribution is -2.35. The van der Waals surface area contributed by atoms with E-state index in [1.54, 1.807) is 7.05 Å². The van der Waals surface area contributed by atoms with E-state index in [1.807, 2.05) is 33.0 Å². The van der Waals surface area contributed by atoms with Crippen LogP contribution in [0.2, 0.25) is 0 Å². The summed E-state index contributed by atoms with van der Waals surface area (Å²) in [5, 5.41) is 0. The standard InChI is InChI=1S/C18H29N3O2/c1-6-21-12-8-7-9-15(21)14-10-11-16(19-13-14)20(5)17(22)23-18(2,3)4/h10-11,13,15H,6-9,12H2,1-5H3/t15-/m0/s1. The van der Waals surface area contributed by atoms with Crippen LogP contribution in [0.15, 0.2) is 18.3 Å². The second kappa shape index (κ2) is 7.30. The number of hydrogen-bond donors (Lipinski definition) is 0. The summed E-state index contributed by atoms with van der Waals surface area (Å²) in [7, 11) is 1.69. The minimum atomic E-state index is -0.505. The third-order valence-electron chi connectivity index (χ3n) is 4.19. The number of anilines is 1. The molecule has 2 rings (SSSR count). The smallest absolute Gasteiger partial charge is 0.415 e. The van der Waals surface area contributed by atoms with Crippen molar-refractivity contribution in [2.45, 2.75) is 58.6 Å². The van der Waals surface area contributed by atoms with E-state index in [9.17, 15) is 4.79 Å². The number of hydrogen-bond acceptors (Lipinski definition) is 4. The molecule has 1 saturated heterocycles. The van der Waals surface area contributed by atoms with E-state index in [-0.39, 0.29) is 6.09 Å². The number of likely N-dealkylation sites (tertiary alicyclic amines) is 1. The average Bonchev–Trinajstić information content (AvgIpc) is 2.52. The Morgan fingerprint density at radius 1 is 1.39 bits per heavy atom. The van der Waals surface area contributed by atoms with E-state index in [0.29, 0.717) is 11.9 Å². The highest BCUT2D eigenvalue weighted by Crippen LogP contribution is 2.30. The van der Waals surface area contributed by atoms with Gasteiger partial charge in [-0.15, -0.1) is 0 Å². The van der Waals surface area contributed by atoms with E-state index in [1.165, 1.54) is 29.7 Å². The van der Waals surface area contributed by atoms with Gasteiger partial charge < -0.3 is 4.74 Å². The largest absolute Gasteiger partial charge is 0.443 e. The Morgan fingerprint density at radius 2 is 2.13 bits per heavy atom. The lowest BCUT2D eigenvalue weighted by Gasteiger charge is -2.35. The number of piperidine rings is 1. The second-order valence-electron chi connectivity index (χ2n) is 7.13. The van der Waals surface area contributed by atoms with Gasteiger partial charge in [-0.1, -0.05) is 19.4 Å². The molecule has 1 aromatic heterocycles. The first-order valence-corrected chi connectivity index (χ1v) is 8.48. The summed E-state index contributed by atoms with van der Waals surface area (Å²) in [6.45, 7) is 9.99. The SMILES string of the molecule is CCN1CCCC[C@H]1c1ccc(N(C)C(=O)OC(C)(C)C)nc1. The highest BCUT2D eigenvalue weighted by molar-refractivity contribution is 5.85. The minimum absolute atomic E-state index is 0.384. The summed E-state index contributed by atoms with van der Waals surface area (Å²) in [5.41, 5.74) is 0.725. The third-order valence-corrected chi connectivity index (χ3v) is 4.19. The molecule has 0 spiro atoms. The average molecular weight is 319 g/mol. The zero-order valence-electron chi connectivity index (χ0n) is 15.0. The van der Waals surface area contributed by atoms with Gasteiger partial charge in [-0.3, -0.25) is 9.80 Å². The summed E-state index contributed by atoms with van der Waals surface area (Å²) >= 11 is 0. The van der Waals surface area contributed by atoms with E-state index < -0.39 is 5.60 Å². The highest BCUT2D eigenvalue weighted by Gasteiger charge is 2.24. The van der Waals surface area contributed by atoms with Gasteiger partial charge in [0.25, 0.3) is 0 Å². The predicted molar refractivity (Wildman–Crippen MR) is 92.7 cm³/mol. The summed E-state index contributed by atoms with van der Waals surface area (Å²) < 4.78 is 5.37.